The third-order valence-electron chi connectivity index (χ3n) is 2.37. The quantitative estimate of drug-likeness (QED) is 0.437. The highest BCUT2D eigenvalue weighted by Crippen LogP contribution is 2.15. The van der Waals surface area contributed by atoms with E-state index in [9.17, 15) is 4.79 Å². The van der Waals surface area contributed by atoms with Crippen LogP contribution >= 0.6 is 11.3 Å². The lowest BCUT2D eigenvalue weighted by Gasteiger charge is -2.36. The molecule has 1 aromatic heterocycles. The minimum atomic E-state index is -0.0265. The molecule has 1 fully saturated rings. The van der Waals surface area contributed by atoms with Crippen LogP contribution in [-0.4, -0.2) is 29.9 Å². The number of amides is 1. The first-order valence-electron chi connectivity index (χ1n) is 4.62. The fourth-order valence-corrected chi connectivity index (χ4v) is 2.15. The van der Waals surface area contributed by atoms with Gasteiger partial charge in [-0.25, -0.2) is 0 Å². The maximum Gasteiger partial charge on any atom is 0.227 e. The van der Waals surface area contributed by atoms with Gasteiger partial charge < -0.3 is 4.90 Å². The van der Waals surface area contributed by atoms with E-state index in [1.54, 1.807) is 16.2 Å². The molecule has 6 heteroatoms. The second kappa shape index (κ2) is 4.33. The van der Waals surface area contributed by atoms with Gasteiger partial charge in [0, 0.05) is 18.0 Å². The average Bonchev–Trinajstić information content (AvgIpc) is 2.62. The summed E-state index contributed by atoms with van der Waals surface area (Å²) >= 11 is 1.59. The molecule has 0 N–H and O–H groups in total. The molecule has 0 radical (unpaired) electrons. The fourth-order valence-electron chi connectivity index (χ4n) is 1.48. The monoisotopic (exact) mass is 222 g/mol. The summed E-state index contributed by atoms with van der Waals surface area (Å²) in [5, 5.41) is 7.48. The van der Waals surface area contributed by atoms with Crippen molar-refractivity contribution in [2.75, 3.05) is 13.1 Å². The first kappa shape index (κ1) is 10.0. The lowest BCUT2D eigenvalue weighted by Crippen LogP contribution is -2.53. The lowest BCUT2D eigenvalue weighted by atomic mass is 10.1. The minimum absolute atomic E-state index is 0.0265. The largest absolute Gasteiger partial charge is 0.341 e. The van der Waals surface area contributed by atoms with Crippen LogP contribution in [0.15, 0.2) is 21.9 Å². The van der Waals surface area contributed by atoms with Crippen molar-refractivity contribution in [1.82, 2.24) is 4.90 Å². The molecule has 1 amide bonds. The van der Waals surface area contributed by atoms with Crippen molar-refractivity contribution in [3.63, 3.8) is 0 Å². The Labute approximate surface area is 90.9 Å². The van der Waals surface area contributed by atoms with Crippen LogP contribution in [0.1, 0.15) is 5.56 Å². The molecular weight excluding hydrogens is 212 g/mol. The molecule has 0 spiro atoms. The molecule has 0 aromatic carbocycles. The van der Waals surface area contributed by atoms with Gasteiger partial charge in [-0.2, -0.15) is 11.3 Å². The standard InChI is InChI=1S/C9H10N4OS/c10-12-11-8-4-13(5-8)9(14)3-7-1-2-15-6-7/h1-2,6,8H,3-5H2. The van der Waals surface area contributed by atoms with Crippen LogP contribution in [0, 0.1) is 0 Å². The van der Waals surface area contributed by atoms with Crippen LogP contribution < -0.4 is 0 Å². The highest BCUT2D eigenvalue weighted by atomic mass is 32.1. The van der Waals surface area contributed by atoms with Crippen molar-refractivity contribution in [3.05, 3.63) is 32.8 Å². The van der Waals surface area contributed by atoms with Gasteiger partial charge in [-0.3, -0.25) is 4.79 Å². The molecule has 0 aliphatic carbocycles. The molecule has 1 aromatic rings. The first-order valence-corrected chi connectivity index (χ1v) is 5.57. The highest BCUT2D eigenvalue weighted by molar-refractivity contribution is 7.07. The second-order valence-corrected chi connectivity index (χ2v) is 4.25. The SMILES string of the molecule is [N-]=[N+]=NC1CN(C(=O)Cc2ccsc2)C1. The number of hydrogen-bond donors (Lipinski definition) is 0. The molecule has 0 atom stereocenters. The predicted molar refractivity (Wildman–Crippen MR) is 57.5 cm³/mol. The molecule has 15 heavy (non-hydrogen) atoms. The third kappa shape index (κ3) is 2.29. The highest BCUT2D eigenvalue weighted by Gasteiger charge is 2.29. The van der Waals surface area contributed by atoms with E-state index in [1.165, 1.54) is 0 Å². The Bertz CT molecular complexity index is 390. The van der Waals surface area contributed by atoms with Gasteiger partial charge in [0.25, 0.3) is 0 Å². The maximum absolute atomic E-state index is 11.6. The van der Waals surface area contributed by atoms with E-state index in [1.807, 2.05) is 16.8 Å². The van der Waals surface area contributed by atoms with Gasteiger partial charge in [0.15, 0.2) is 0 Å². The van der Waals surface area contributed by atoms with Crippen molar-refractivity contribution in [2.24, 2.45) is 5.11 Å². The predicted octanol–water partition coefficient (Wildman–Crippen LogP) is 1.81. The Morgan fingerprint density at radius 3 is 3.13 bits per heavy atom. The number of nitrogens with zero attached hydrogens (tertiary/aromatic N) is 4. The molecule has 2 heterocycles. The molecule has 5 nitrogen and oxygen atoms in total. The lowest BCUT2D eigenvalue weighted by molar-refractivity contribution is -0.134. The van der Waals surface area contributed by atoms with Crippen molar-refractivity contribution in [3.8, 4) is 0 Å². The summed E-state index contributed by atoms with van der Waals surface area (Å²) in [6.45, 7) is 1.13. The van der Waals surface area contributed by atoms with Gasteiger partial charge in [-0.15, -0.1) is 0 Å². The van der Waals surface area contributed by atoms with Crippen LogP contribution in [0.5, 0.6) is 0 Å². The van der Waals surface area contributed by atoms with Crippen LogP contribution in [-0.2, 0) is 11.2 Å². The Kier molecular flexibility index (Phi) is 2.89. The summed E-state index contributed by atoms with van der Waals surface area (Å²) in [7, 11) is 0. The summed E-state index contributed by atoms with van der Waals surface area (Å²) in [4.78, 5) is 16.1. The number of carbonyl (C=O) groups is 1. The molecule has 0 bridgehead atoms. The molecule has 78 valence electrons. The zero-order valence-corrected chi connectivity index (χ0v) is 8.85. The molecule has 1 aliphatic heterocycles. The van der Waals surface area contributed by atoms with E-state index in [2.05, 4.69) is 10.0 Å². The van der Waals surface area contributed by atoms with Gasteiger partial charge >= 0.3 is 0 Å². The second-order valence-electron chi connectivity index (χ2n) is 3.47. The zero-order valence-electron chi connectivity index (χ0n) is 8.04. The number of azide groups is 1. The van der Waals surface area contributed by atoms with Crippen LogP contribution in [0.4, 0.5) is 0 Å². The van der Waals surface area contributed by atoms with Crippen LogP contribution in [0.25, 0.3) is 10.4 Å². The van der Waals surface area contributed by atoms with Crippen LogP contribution in [0.2, 0.25) is 0 Å². The van der Waals surface area contributed by atoms with E-state index in [-0.39, 0.29) is 11.9 Å². The normalized spacial score (nSPS) is 15.6. The molecule has 0 unspecified atom stereocenters. The summed E-state index contributed by atoms with van der Waals surface area (Å²) in [5.74, 6) is 0.109. The molecule has 1 saturated heterocycles. The van der Waals surface area contributed by atoms with E-state index < -0.39 is 0 Å². The summed E-state index contributed by atoms with van der Waals surface area (Å²) < 4.78 is 0. The molecule has 0 saturated carbocycles. The van der Waals surface area contributed by atoms with Crippen molar-refractivity contribution in [1.29, 1.82) is 0 Å². The number of rotatable bonds is 3. The fraction of sp³-hybridized carbons (Fsp3) is 0.444. The number of thiophene rings is 1. The Morgan fingerprint density at radius 2 is 2.53 bits per heavy atom. The summed E-state index contributed by atoms with van der Waals surface area (Å²) in [6.07, 6.45) is 0.451. The molecular formula is C9H10N4OS. The number of hydrogen-bond acceptors (Lipinski definition) is 3. The minimum Gasteiger partial charge on any atom is -0.341 e. The van der Waals surface area contributed by atoms with Gasteiger partial charge in [-0.05, 0) is 27.9 Å². The van der Waals surface area contributed by atoms with Crippen molar-refractivity contribution < 1.29 is 4.79 Å². The van der Waals surface area contributed by atoms with Crippen molar-refractivity contribution in [2.45, 2.75) is 12.5 Å². The average molecular weight is 222 g/mol. The Morgan fingerprint density at radius 1 is 1.73 bits per heavy atom. The van der Waals surface area contributed by atoms with E-state index in [0.717, 1.165) is 5.56 Å². The van der Waals surface area contributed by atoms with E-state index in [0.29, 0.717) is 19.5 Å². The van der Waals surface area contributed by atoms with Crippen molar-refractivity contribution >= 4 is 17.2 Å². The smallest absolute Gasteiger partial charge is 0.227 e. The number of carbonyl (C=O) groups excluding carboxylic acids is 1. The summed E-state index contributed by atoms with van der Waals surface area (Å²) in [6, 6.07) is 1.93. The van der Waals surface area contributed by atoms with Gasteiger partial charge in [0.1, 0.15) is 0 Å². The van der Waals surface area contributed by atoms with E-state index >= 15 is 0 Å². The molecule has 1 aliphatic rings. The summed E-state index contributed by atoms with van der Waals surface area (Å²) in [5.41, 5.74) is 9.24. The Balaban J connectivity index is 1.82. The zero-order chi connectivity index (χ0) is 10.7. The van der Waals surface area contributed by atoms with Crippen LogP contribution in [0.3, 0.4) is 0 Å². The topological polar surface area (TPSA) is 69.1 Å². The van der Waals surface area contributed by atoms with E-state index in [4.69, 9.17) is 5.53 Å². The van der Waals surface area contributed by atoms with Gasteiger partial charge in [0.05, 0.1) is 12.5 Å². The third-order valence-corrected chi connectivity index (χ3v) is 3.10. The van der Waals surface area contributed by atoms with Gasteiger partial charge in [0.2, 0.25) is 5.91 Å². The Hall–Kier alpha value is -1.52. The maximum atomic E-state index is 11.6. The number of likely N-dealkylation sites (tertiary alicyclic amines) is 1. The van der Waals surface area contributed by atoms with Gasteiger partial charge in [-0.1, -0.05) is 5.11 Å². The molecule has 2 rings (SSSR count). The first-order chi connectivity index (χ1) is 7.29.